The summed E-state index contributed by atoms with van der Waals surface area (Å²) >= 11 is 0. The van der Waals surface area contributed by atoms with Crippen molar-refractivity contribution in [2.24, 2.45) is 17.8 Å². The van der Waals surface area contributed by atoms with E-state index in [4.69, 9.17) is 5.11 Å². The van der Waals surface area contributed by atoms with E-state index in [1.54, 1.807) is 0 Å². The molecule has 1 saturated heterocycles. The Hall–Kier alpha value is -0.570. The molecule has 1 saturated carbocycles. The molecule has 18 heavy (non-hydrogen) atoms. The van der Waals surface area contributed by atoms with Crippen LogP contribution in [0.2, 0.25) is 0 Å². The van der Waals surface area contributed by atoms with Gasteiger partial charge in [0.25, 0.3) is 0 Å². The Labute approximate surface area is 111 Å². The van der Waals surface area contributed by atoms with Crippen LogP contribution in [0.4, 0.5) is 0 Å². The van der Waals surface area contributed by atoms with E-state index in [1.807, 2.05) is 0 Å². The van der Waals surface area contributed by atoms with Gasteiger partial charge in [-0.2, -0.15) is 0 Å². The van der Waals surface area contributed by atoms with Crippen molar-refractivity contribution < 1.29 is 9.90 Å². The van der Waals surface area contributed by atoms with E-state index in [0.717, 1.165) is 31.2 Å². The van der Waals surface area contributed by atoms with Gasteiger partial charge in [0.15, 0.2) is 0 Å². The summed E-state index contributed by atoms with van der Waals surface area (Å²) in [5, 5.41) is 9.11. The molecule has 2 fully saturated rings. The average molecular weight is 253 g/mol. The highest BCUT2D eigenvalue weighted by Crippen LogP contribution is 2.35. The topological polar surface area (TPSA) is 40.5 Å². The van der Waals surface area contributed by atoms with E-state index in [9.17, 15) is 4.79 Å². The van der Waals surface area contributed by atoms with Gasteiger partial charge in [-0.15, -0.1) is 0 Å². The van der Waals surface area contributed by atoms with Crippen molar-refractivity contribution in [2.45, 2.75) is 65.0 Å². The maximum absolute atomic E-state index is 11.1. The number of hydrogen-bond donors (Lipinski definition) is 1. The molecular formula is C15H27NO2. The summed E-state index contributed by atoms with van der Waals surface area (Å²) in [7, 11) is 0. The van der Waals surface area contributed by atoms with Gasteiger partial charge in [0, 0.05) is 12.1 Å². The van der Waals surface area contributed by atoms with Crippen molar-refractivity contribution in [1.82, 2.24) is 4.90 Å². The van der Waals surface area contributed by atoms with E-state index >= 15 is 0 Å². The Morgan fingerprint density at radius 1 is 1.06 bits per heavy atom. The number of carboxylic acids is 1. The van der Waals surface area contributed by atoms with E-state index in [-0.39, 0.29) is 5.92 Å². The van der Waals surface area contributed by atoms with Gasteiger partial charge in [-0.25, -0.2) is 0 Å². The third-order valence-electron chi connectivity index (χ3n) is 5.32. The maximum Gasteiger partial charge on any atom is 0.306 e. The first-order valence-electron chi connectivity index (χ1n) is 7.47. The molecule has 2 rings (SSSR count). The van der Waals surface area contributed by atoms with E-state index in [1.165, 1.54) is 19.3 Å². The van der Waals surface area contributed by atoms with Crippen molar-refractivity contribution in [3.63, 3.8) is 0 Å². The molecule has 0 spiro atoms. The fourth-order valence-corrected chi connectivity index (χ4v) is 3.78. The third kappa shape index (κ3) is 2.87. The number of nitrogens with zero attached hydrogens (tertiary/aromatic N) is 1. The quantitative estimate of drug-likeness (QED) is 0.822. The SMILES string of the molecule is CC1CCC(N2CCC(C(=O)O)CC2C)CC1C. The zero-order valence-electron chi connectivity index (χ0n) is 11.9. The molecule has 3 heteroatoms. The lowest BCUT2D eigenvalue weighted by Gasteiger charge is -2.45. The summed E-state index contributed by atoms with van der Waals surface area (Å²) in [5.74, 6) is 0.949. The largest absolute Gasteiger partial charge is 0.481 e. The fourth-order valence-electron chi connectivity index (χ4n) is 3.78. The molecule has 2 aliphatic rings. The standard InChI is InChI=1S/C15H27NO2/c1-10-4-5-14(8-11(10)2)16-7-6-13(15(17)18)9-12(16)3/h10-14H,4-9H2,1-3H3,(H,17,18). The molecule has 0 amide bonds. The first-order chi connectivity index (χ1) is 8.49. The molecule has 1 aliphatic carbocycles. The smallest absolute Gasteiger partial charge is 0.306 e. The zero-order chi connectivity index (χ0) is 13.3. The Morgan fingerprint density at radius 2 is 1.78 bits per heavy atom. The fraction of sp³-hybridized carbons (Fsp3) is 0.933. The van der Waals surface area contributed by atoms with E-state index < -0.39 is 5.97 Å². The summed E-state index contributed by atoms with van der Waals surface area (Å²) in [6.45, 7) is 7.91. The summed E-state index contributed by atoms with van der Waals surface area (Å²) in [6.07, 6.45) is 5.59. The van der Waals surface area contributed by atoms with Crippen molar-refractivity contribution >= 4 is 5.97 Å². The summed E-state index contributed by atoms with van der Waals surface area (Å²) in [5.41, 5.74) is 0. The van der Waals surface area contributed by atoms with Crippen LogP contribution in [-0.4, -0.2) is 34.6 Å². The first kappa shape index (κ1) is 13.9. The van der Waals surface area contributed by atoms with Crippen molar-refractivity contribution in [3.05, 3.63) is 0 Å². The molecule has 104 valence electrons. The molecule has 5 unspecified atom stereocenters. The zero-order valence-corrected chi connectivity index (χ0v) is 11.9. The van der Waals surface area contributed by atoms with Gasteiger partial charge in [0.2, 0.25) is 0 Å². The van der Waals surface area contributed by atoms with Gasteiger partial charge >= 0.3 is 5.97 Å². The highest BCUT2D eigenvalue weighted by molar-refractivity contribution is 5.70. The molecule has 1 heterocycles. The van der Waals surface area contributed by atoms with Crippen LogP contribution in [0.1, 0.15) is 52.9 Å². The molecule has 0 radical (unpaired) electrons. The number of rotatable bonds is 2. The molecule has 0 aromatic heterocycles. The molecule has 0 aromatic carbocycles. The average Bonchev–Trinajstić information content (AvgIpc) is 2.32. The number of carbonyl (C=O) groups is 1. The normalized spacial score (nSPS) is 42.7. The number of piperidine rings is 1. The lowest BCUT2D eigenvalue weighted by Crippen LogP contribution is -2.50. The van der Waals surface area contributed by atoms with E-state index in [0.29, 0.717) is 12.1 Å². The van der Waals surface area contributed by atoms with Crippen LogP contribution in [-0.2, 0) is 4.79 Å². The molecule has 1 N–H and O–H groups in total. The van der Waals surface area contributed by atoms with Crippen molar-refractivity contribution in [3.8, 4) is 0 Å². The Balaban J connectivity index is 1.92. The monoisotopic (exact) mass is 253 g/mol. The highest BCUT2D eigenvalue weighted by atomic mass is 16.4. The van der Waals surface area contributed by atoms with Crippen LogP contribution in [0.5, 0.6) is 0 Å². The second kappa shape index (κ2) is 5.60. The minimum atomic E-state index is -0.605. The Morgan fingerprint density at radius 3 is 2.33 bits per heavy atom. The third-order valence-corrected chi connectivity index (χ3v) is 5.32. The van der Waals surface area contributed by atoms with Gasteiger partial charge in [-0.05, 0) is 57.4 Å². The van der Waals surface area contributed by atoms with Gasteiger partial charge in [0.05, 0.1) is 5.92 Å². The van der Waals surface area contributed by atoms with Crippen LogP contribution >= 0.6 is 0 Å². The molecule has 3 nitrogen and oxygen atoms in total. The van der Waals surface area contributed by atoms with Crippen LogP contribution in [0.15, 0.2) is 0 Å². The molecule has 1 aliphatic heterocycles. The minimum Gasteiger partial charge on any atom is -0.481 e. The predicted molar refractivity (Wildman–Crippen MR) is 72.5 cm³/mol. The summed E-state index contributed by atoms with van der Waals surface area (Å²) < 4.78 is 0. The van der Waals surface area contributed by atoms with Gasteiger partial charge < -0.3 is 5.11 Å². The lowest BCUT2D eigenvalue weighted by atomic mass is 9.77. The highest BCUT2D eigenvalue weighted by Gasteiger charge is 2.36. The molecule has 5 atom stereocenters. The van der Waals surface area contributed by atoms with Gasteiger partial charge in [0.1, 0.15) is 0 Å². The predicted octanol–water partition coefficient (Wildman–Crippen LogP) is 3.00. The lowest BCUT2D eigenvalue weighted by molar-refractivity contribution is -0.144. The van der Waals surface area contributed by atoms with Crippen LogP contribution in [0.25, 0.3) is 0 Å². The maximum atomic E-state index is 11.1. The minimum absolute atomic E-state index is 0.115. The molecule has 0 bridgehead atoms. The van der Waals surface area contributed by atoms with Gasteiger partial charge in [-0.3, -0.25) is 9.69 Å². The molecular weight excluding hydrogens is 226 g/mol. The Kier molecular flexibility index (Phi) is 4.31. The summed E-state index contributed by atoms with van der Waals surface area (Å²) in [4.78, 5) is 13.6. The Bertz CT molecular complexity index is 305. The van der Waals surface area contributed by atoms with Crippen molar-refractivity contribution in [2.75, 3.05) is 6.54 Å². The second-order valence-corrected chi connectivity index (χ2v) is 6.57. The van der Waals surface area contributed by atoms with Crippen LogP contribution < -0.4 is 0 Å². The molecule has 0 aromatic rings. The van der Waals surface area contributed by atoms with E-state index in [2.05, 4.69) is 25.7 Å². The second-order valence-electron chi connectivity index (χ2n) is 6.57. The van der Waals surface area contributed by atoms with Crippen molar-refractivity contribution in [1.29, 1.82) is 0 Å². The number of aliphatic carboxylic acids is 1. The summed E-state index contributed by atoms with van der Waals surface area (Å²) in [6, 6.07) is 1.13. The number of likely N-dealkylation sites (tertiary alicyclic amines) is 1. The number of carboxylic acid groups (broad SMARTS) is 1. The van der Waals surface area contributed by atoms with Crippen LogP contribution in [0, 0.1) is 17.8 Å². The first-order valence-corrected chi connectivity index (χ1v) is 7.47. The van der Waals surface area contributed by atoms with Gasteiger partial charge in [-0.1, -0.05) is 13.8 Å². The van der Waals surface area contributed by atoms with Crippen LogP contribution in [0.3, 0.4) is 0 Å². The number of hydrogen-bond acceptors (Lipinski definition) is 2.